The van der Waals surface area contributed by atoms with Crippen LogP contribution >= 0.6 is 0 Å². The van der Waals surface area contributed by atoms with Crippen LogP contribution in [0.4, 0.5) is 0 Å². The van der Waals surface area contributed by atoms with Crippen LogP contribution in [0.5, 0.6) is 0 Å². The van der Waals surface area contributed by atoms with Gasteiger partial charge in [0, 0.05) is 0 Å². The Labute approximate surface area is 103 Å². The maximum Gasteiger partial charge on any atom is 0.178 e. The summed E-state index contributed by atoms with van der Waals surface area (Å²) in [5, 5.41) is 0. The van der Waals surface area contributed by atoms with E-state index in [1.165, 1.54) is 24.0 Å². The van der Waals surface area contributed by atoms with E-state index in [-0.39, 0.29) is 5.75 Å². The van der Waals surface area contributed by atoms with Gasteiger partial charge in [-0.1, -0.05) is 12.1 Å². The van der Waals surface area contributed by atoms with Gasteiger partial charge < -0.3 is 0 Å². The van der Waals surface area contributed by atoms with Crippen molar-refractivity contribution in [3.8, 4) is 0 Å². The number of hydrogen-bond donors (Lipinski definition) is 0. The molecule has 3 heteroatoms. The zero-order valence-electron chi connectivity index (χ0n) is 9.98. The lowest BCUT2D eigenvalue weighted by Crippen LogP contribution is -2.09. The molecular formula is C14H18O2S. The first-order chi connectivity index (χ1) is 8.13. The maximum absolute atomic E-state index is 12.0. The monoisotopic (exact) mass is 250 g/mol. The Bertz CT molecular complexity index is 515. The Morgan fingerprint density at radius 3 is 2.59 bits per heavy atom. The van der Waals surface area contributed by atoms with E-state index in [1.54, 1.807) is 12.1 Å². The molecule has 1 aromatic rings. The van der Waals surface area contributed by atoms with Crippen molar-refractivity contribution in [3.05, 3.63) is 42.0 Å². The molecule has 17 heavy (non-hydrogen) atoms. The van der Waals surface area contributed by atoms with Gasteiger partial charge in [-0.3, -0.25) is 0 Å². The van der Waals surface area contributed by atoms with Crippen molar-refractivity contribution in [2.45, 2.75) is 37.0 Å². The van der Waals surface area contributed by atoms with Crippen molar-refractivity contribution in [1.29, 1.82) is 0 Å². The van der Waals surface area contributed by atoms with Gasteiger partial charge >= 0.3 is 0 Å². The Hall–Kier alpha value is -1.09. The first-order valence-corrected chi connectivity index (χ1v) is 7.74. The largest absolute Gasteiger partial charge is 0.224 e. The number of allylic oxidation sites excluding steroid dienone is 1. The number of fused-ring (bicyclic) bond motifs is 1. The molecule has 0 unspecified atom stereocenters. The van der Waals surface area contributed by atoms with Gasteiger partial charge in [-0.15, -0.1) is 6.58 Å². The van der Waals surface area contributed by atoms with E-state index in [0.29, 0.717) is 11.3 Å². The summed E-state index contributed by atoms with van der Waals surface area (Å²) < 4.78 is 24.1. The van der Waals surface area contributed by atoms with Crippen molar-refractivity contribution in [2.75, 3.05) is 5.75 Å². The molecule has 0 heterocycles. The normalized spacial score (nSPS) is 15.3. The molecule has 0 amide bonds. The molecule has 0 radical (unpaired) electrons. The standard InChI is InChI=1S/C14H18O2S/c1-2-3-10-17(15,16)14-9-8-12-6-4-5-7-13(12)11-14/h2,8-9,11H,1,3-7,10H2. The molecule has 0 aromatic heterocycles. The average Bonchev–Trinajstić information content (AvgIpc) is 2.36. The van der Waals surface area contributed by atoms with E-state index >= 15 is 0 Å². The Morgan fingerprint density at radius 2 is 1.88 bits per heavy atom. The molecule has 1 aliphatic carbocycles. The summed E-state index contributed by atoms with van der Waals surface area (Å²) in [5.41, 5.74) is 2.54. The van der Waals surface area contributed by atoms with Gasteiger partial charge in [-0.25, -0.2) is 8.42 Å². The first kappa shape index (κ1) is 12.4. The fourth-order valence-electron chi connectivity index (χ4n) is 2.26. The highest BCUT2D eigenvalue weighted by molar-refractivity contribution is 7.91. The van der Waals surface area contributed by atoms with Gasteiger partial charge in [0.1, 0.15) is 0 Å². The van der Waals surface area contributed by atoms with Crippen molar-refractivity contribution >= 4 is 9.84 Å². The molecular weight excluding hydrogens is 232 g/mol. The Balaban J connectivity index is 2.30. The molecule has 0 aliphatic heterocycles. The summed E-state index contributed by atoms with van der Waals surface area (Å²) in [7, 11) is -3.13. The molecule has 2 rings (SSSR count). The average molecular weight is 250 g/mol. The van der Waals surface area contributed by atoms with E-state index in [0.717, 1.165) is 12.8 Å². The number of aryl methyl sites for hydroxylation is 2. The van der Waals surface area contributed by atoms with Crippen molar-refractivity contribution in [1.82, 2.24) is 0 Å². The van der Waals surface area contributed by atoms with Gasteiger partial charge in [0.05, 0.1) is 10.6 Å². The molecule has 1 aliphatic rings. The summed E-state index contributed by atoms with van der Waals surface area (Å²) in [4.78, 5) is 0.472. The minimum atomic E-state index is -3.13. The van der Waals surface area contributed by atoms with E-state index in [1.807, 2.05) is 12.1 Å². The van der Waals surface area contributed by atoms with Gasteiger partial charge in [-0.2, -0.15) is 0 Å². The fourth-order valence-corrected chi connectivity index (χ4v) is 3.57. The van der Waals surface area contributed by atoms with Crippen LogP contribution in [0.15, 0.2) is 35.7 Å². The maximum atomic E-state index is 12.0. The molecule has 0 atom stereocenters. The number of rotatable bonds is 4. The summed E-state index contributed by atoms with van der Waals surface area (Å²) in [5.74, 6) is 0.162. The second kappa shape index (κ2) is 5.05. The van der Waals surface area contributed by atoms with E-state index < -0.39 is 9.84 Å². The molecule has 0 N–H and O–H groups in total. The molecule has 0 fully saturated rings. The summed E-state index contributed by atoms with van der Waals surface area (Å²) in [6.45, 7) is 3.56. The van der Waals surface area contributed by atoms with Crippen LogP contribution in [-0.4, -0.2) is 14.2 Å². The summed E-state index contributed by atoms with van der Waals surface area (Å²) >= 11 is 0. The Morgan fingerprint density at radius 1 is 1.18 bits per heavy atom. The van der Waals surface area contributed by atoms with Crippen molar-refractivity contribution in [3.63, 3.8) is 0 Å². The minimum absolute atomic E-state index is 0.162. The van der Waals surface area contributed by atoms with Gasteiger partial charge in [0.15, 0.2) is 9.84 Å². The van der Waals surface area contributed by atoms with Crippen molar-refractivity contribution in [2.24, 2.45) is 0 Å². The van der Waals surface area contributed by atoms with Crippen molar-refractivity contribution < 1.29 is 8.42 Å². The van der Waals surface area contributed by atoms with Crippen LogP contribution in [-0.2, 0) is 22.7 Å². The smallest absolute Gasteiger partial charge is 0.178 e. The predicted octanol–water partition coefficient (Wildman–Crippen LogP) is 2.92. The van der Waals surface area contributed by atoms with E-state index in [9.17, 15) is 8.42 Å². The van der Waals surface area contributed by atoms with Crippen LogP contribution in [0.25, 0.3) is 0 Å². The van der Waals surface area contributed by atoms with Crippen LogP contribution in [0, 0.1) is 0 Å². The predicted molar refractivity (Wildman–Crippen MR) is 70.0 cm³/mol. The number of hydrogen-bond acceptors (Lipinski definition) is 2. The van der Waals surface area contributed by atoms with Crippen LogP contribution in [0.1, 0.15) is 30.4 Å². The molecule has 0 saturated carbocycles. The number of sulfone groups is 1. The SMILES string of the molecule is C=CCCS(=O)(=O)c1ccc2c(c1)CCCC2. The highest BCUT2D eigenvalue weighted by Gasteiger charge is 2.16. The lowest BCUT2D eigenvalue weighted by molar-refractivity contribution is 0.595. The summed E-state index contributed by atoms with van der Waals surface area (Å²) in [6.07, 6.45) is 6.65. The molecule has 0 saturated heterocycles. The topological polar surface area (TPSA) is 34.1 Å². The highest BCUT2D eigenvalue weighted by Crippen LogP contribution is 2.24. The molecule has 2 nitrogen and oxygen atoms in total. The lowest BCUT2D eigenvalue weighted by Gasteiger charge is -2.16. The van der Waals surface area contributed by atoms with Gasteiger partial charge in [-0.05, 0) is 55.4 Å². The Kier molecular flexibility index (Phi) is 3.67. The molecule has 0 spiro atoms. The number of benzene rings is 1. The first-order valence-electron chi connectivity index (χ1n) is 6.09. The minimum Gasteiger partial charge on any atom is -0.224 e. The molecule has 0 bridgehead atoms. The van der Waals surface area contributed by atoms with Gasteiger partial charge in [0.25, 0.3) is 0 Å². The third-order valence-corrected chi connectivity index (χ3v) is 5.02. The van der Waals surface area contributed by atoms with E-state index in [4.69, 9.17) is 0 Å². The van der Waals surface area contributed by atoms with E-state index in [2.05, 4.69) is 6.58 Å². The zero-order valence-corrected chi connectivity index (χ0v) is 10.8. The van der Waals surface area contributed by atoms with Crippen LogP contribution in [0.3, 0.4) is 0 Å². The highest BCUT2D eigenvalue weighted by atomic mass is 32.2. The zero-order chi connectivity index (χ0) is 12.3. The molecule has 1 aromatic carbocycles. The second-order valence-corrected chi connectivity index (χ2v) is 6.64. The molecule has 92 valence electrons. The second-order valence-electron chi connectivity index (χ2n) is 4.53. The lowest BCUT2D eigenvalue weighted by atomic mass is 9.92. The quantitative estimate of drug-likeness (QED) is 0.770. The fraction of sp³-hybridized carbons (Fsp3) is 0.429. The van der Waals surface area contributed by atoms with Crippen LogP contribution in [0.2, 0.25) is 0 Å². The third kappa shape index (κ3) is 2.78. The van der Waals surface area contributed by atoms with Crippen LogP contribution < -0.4 is 0 Å². The summed E-state index contributed by atoms with van der Waals surface area (Å²) in [6, 6.07) is 5.60. The third-order valence-electron chi connectivity index (χ3n) is 3.27. The van der Waals surface area contributed by atoms with Gasteiger partial charge in [0.2, 0.25) is 0 Å².